The van der Waals surface area contributed by atoms with E-state index in [0.717, 1.165) is 0 Å². The van der Waals surface area contributed by atoms with Crippen LogP contribution >= 0.6 is 0 Å². The molecule has 1 rings (SSSR count). The highest BCUT2D eigenvalue weighted by atomic mass is 16.3. The second-order valence-corrected chi connectivity index (χ2v) is 3.31. The van der Waals surface area contributed by atoms with E-state index >= 15 is 0 Å². The van der Waals surface area contributed by atoms with E-state index in [9.17, 15) is 4.79 Å². The number of amides is 1. The lowest BCUT2D eigenvalue weighted by Crippen LogP contribution is -2.26. The lowest BCUT2D eigenvalue weighted by molar-refractivity contribution is -0.129. The van der Waals surface area contributed by atoms with Gasteiger partial charge in [0.2, 0.25) is 5.91 Å². The van der Waals surface area contributed by atoms with E-state index in [1.54, 1.807) is 27.2 Å². The van der Waals surface area contributed by atoms with Gasteiger partial charge in [-0.25, -0.2) is 4.68 Å². The summed E-state index contributed by atoms with van der Waals surface area (Å²) in [4.78, 5) is 12.7. The molecule has 14 heavy (non-hydrogen) atoms. The van der Waals surface area contributed by atoms with Gasteiger partial charge in [-0.1, -0.05) is 5.21 Å². The molecule has 0 radical (unpaired) electrons. The van der Waals surface area contributed by atoms with Gasteiger partial charge in [0.15, 0.2) is 0 Å². The molecule has 0 spiro atoms. The molecule has 0 bridgehead atoms. The Hall–Kier alpha value is -1.43. The van der Waals surface area contributed by atoms with Crippen LogP contribution in [0.4, 0.5) is 0 Å². The molecule has 6 heteroatoms. The fraction of sp³-hybridized carbons (Fsp3) is 0.625. The summed E-state index contributed by atoms with van der Waals surface area (Å²) in [5.41, 5.74) is 0.469. The van der Waals surface area contributed by atoms with Crippen molar-refractivity contribution >= 4 is 5.91 Å². The second kappa shape index (κ2) is 4.19. The Balaban J connectivity index is 2.64. The molecule has 0 saturated carbocycles. The first-order chi connectivity index (χ1) is 6.50. The van der Waals surface area contributed by atoms with Crippen molar-refractivity contribution in [2.45, 2.75) is 19.6 Å². The van der Waals surface area contributed by atoms with Crippen molar-refractivity contribution < 1.29 is 9.90 Å². The molecule has 1 heterocycles. The third-order valence-electron chi connectivity index (χ3n) is 1.78. The van der Waals surface area contributed by atoms with Gasteiger partial charge in [0, 0.05) is 14.1 Å². The Morgan fingerprint density at radius 3 is 2.79 bits per heavy atom. The summed E-state index contributed by atoms with van der Waals surface area (Å²) in [5.74, 6) is -0.0629. The average Bonchev–Trinajstić information content (AvgIpc) is 2.52. The van der Waals surface area contributed by atoms with Gasteiger partial charge in [0.25, 0.3) is 0 Å². The van der Waals surface area contributed by atoms with Crippen LogP contribution < -0.4 is 0 Å². The maximum atomic E-state index is 11.3. The van der Waals surface area contributed by atoms with Crippen molar-refractivity contribution in [2.24, 2.45) is 0 Å². The third kappa shape index (κ3) is 2.53. The van der Waals surface area contributed by atoms with Gasteiger partial charge < -0.3 is 10.0 Å². The summed E-state index contributed by atoms with van der Waals surface area (Å²) in [6, 6.07) is 0. The molecular weight excluding hydrogens is 184 g/mol. The SMILES string of the molecule is CC(O)c1cn(CC(=O)N(C)C)nn1. The Kier molecular flexibility index (Phi) is 3.19. The Labute approximate surface area is 82.1 Å². The molecule has 1 atom stereocenters. The molecule has 0 aliphatic carbocycles. The summed E-state index contributed by atoms with van der Waals surface area (Å²) in [7, 11) is 3.35. The Bertz CT molecular complexity index is 319. The minimum atomic E-state index is -0.654. The van der Waals surface area contributed by atoms with Crippen LogP contribution in [0.2, 0.25) is 0 Å². The number of likely N-dealkylation sites (N-methyl/N-ethyl adjacent to an activating group) is 1. The van der Waals surface area contributed by atoms with Crippen molar-refractivity contribution in [3.63, 3.8) is 0 Å². The van der Waals surface area contributed by atoms with Gasteiger partial charge in [-0.15, -0.1) is 5.10 Å². The van der Waals surface area contributed by atoms with Crippen molar-refractivity contribution in [2.75, 3.05) is 14.1 Å². The summed E-state index contributed by atoms with van der Waals surface area (Å²) >= 11 is 0. The normalized spacial score (nSPS) is 12.6. The zero-order valence-corrected chi connectivity index (χ0v) is 8.51. The van der Waals surface area contributed by atoms with Crippen LogP contribution in [0.3, 0.4) is 0 Å². The lowest BCUT2D eigenvalue weighted by atomic mass is 10.3. The van der Waals surface area contributed by atoms with Gasteiger partial charge in [-0.3, -0.25) is 4.79 Å². The number of hydrogen-bond donors (Lipinski definition) is 1. The zero-order chi connectivity index (χ0) is 10.7. The standard InChI is InChI=1S/C8H14N4O2/c1-6(13)7-4-12(10-9-7)5-8(14)11(2)3/h4,6,13H,5H2,1-3H3. The first kappa shape index (κ1) is 10.6. The first-order valence-electron chi connectivity index (χ1n) is 4.29. The van der Waals surface area contributed by atoms with Gasteiger partial charge in [-0.2, -0.15) is 0 Å². The molecule has 1 aromatic rings. The predicted molar refractivity (Wildman–Crippen MR) is 49.3 cm³/mol. The van der Waals surface area contributed by atoms with E-state index in [0.29, 0.717) is 5.69 Å². The molecule has 0 fully saturated rings. The molecule has 1 unspecified atom stereocenters. The van der Waals surface area contributed by atoms with Gasteiger partial charge in [0.05, 0.1) is 12.3 Å². The zero-order valence-electron chi connectivity index (χ0n) is 8.51. The number of hydrogen-bond acceptors (Lipinski definition) is 4. The van der Waals surface area contributed by atoms with Gasteiger partial charge in [-0.05, 0) is 6.92 Å². The van der Waals surface area contributed by atoms with Crippen molar-refractivity contribution in [1.82, 2.24) is 19.9 Å². The van der Waals surface area contributed by atoms with Crippen LogP contribution in [0.15, 0.2) is 6.20 Å². The highest BCUT2D eigenvalue weighted by Crippen LogP contribution is 2.05. The molecule has 1 N–H and O–H groups in total. The monoisotopic (exact) mass is 198 g/mol. The quantitative estimate of drug-likeness (QED) is 0.705. The molecule has 0 aromatic carbocycles. The fourth-order valence-corrected chi connectivity index (χ4v) is 0.862. The number of rotatable bonds is 3. The van der Waals surface area contributed by atoms with Crippen molar-refractivity contribution in [3.05, 3.63) is 11.9 Å². The highest BCUT2D eigenvalue weighted by molar-refractivity contribution is 5.75. The number of nitrogens with zero attached hydrogens (tertiary/aromatic N) is 4. The van der Waals surface area contributed by atoms with E-state index in [2.05, 4.69) is 10.3 Å². The maximum absolute atomic E-state index is 11.3. The molecule has 0 saturated heterocycles. The molecule has 0 aliphatic heterocycles. The first-order valence-corrected chi connectivity index (χ1v) is 4.29. The summed E-state index contributed by atoms with van der Waals surface area (Å²) in [6.45, 7) is 1.74. The topological polar surface area (TPSA) is 71.2 Å². The molecule has 78 valence electrons. The predicted octanol–water partition coefficient (Wildman–Crippen LogP) is -0.580. The number of aliphatic hydroxyl groups excluding tert-OH is 1. The largest absolute Gasteiger partial charge is 0.387 e. The minimum Gasteiger partial charge on any atom is -0.387 e. The number of carbonyl (C=O) groups is 1. The van der Waals surface area contributed by atoms with Gasteiger partial charge >= 0.3 is 0 Å². The number of aromatic nitrogens is 3. The van der Waals surface area contributed by atoms with Crippen LogP contribution in [0.1, 0.15) is 18.7 Å². The van der Waals surface area contributed by atoms with Crippen molar-refractivity contribution in [1.29, 1.82) is 0 Å². The van der Waals surface area contributed by atoms with Gasteiger partial charge in [0.1, 0.15) is 12.2 Å². The molecular formula is C8H14N4O2. The lowest BCUT2D eigenvalue weighted by Gasteiger charge is -2.08. The van der Waals surface area contributed by atoms with E-state index in [1.807, 2.05) is 0 Å². The minimum absolute atomic E-state index is 0.0629. The number of aliphatic hydroxyl groups is 1. The van der Waals surface area contributed by atoms with E-state index < -0.39 is 6.10 Å². The second-order valence-electron chi connectivity index (χ2n) is 3.31. The smallest absolute Gasteiger partial charge is 0.243 e. The number of carbonyl (C=O) groups excluding carboxylic acids is 1. The van der Waals surface area contributed by atoms with Crippen LogP contribution in [-0.4, -0.2) is 45.0 Å². The highest BCUT2D eigenvalue weighted by Gasteiger charge is 2.09. The van der Waals surface area contributed by atoms with Crippen molar-refractivity contribution in [3.8, 4) is 0 Å². The van der Waals surface area contributed by atoms with Crippen LogP contribution in [-0.2, 0) is 11.3 Å². The Morgan fingerprint density at radius 1 is 1.71 bits per heavy atom. The third-order valence-corrected chi connectivity index (χ3v) is 1.78. The van der Waals surface area contributed by atoms with E-state index in [4.69, 9.17) is 5.11 Å². The molecule has 6 nitrogen and oxygen atoms in total. The summed E-state index contributed by atoms with van der Waals surface area (Å²) < 4.78 is 1.41. The molecule has 0 aliphatic rings. The summed E-state index contributed by atoms with van der Waals surface area (Å²) in [5, 5.41) is 16.6. The maximum Gasteiger partial charge on any atom is 0.243 e. The molecule has 1 aromatic heterocycles. The van der Waals surface area contributed by atoms with Crippen LogP contribution in [0.25, 0.3) is 0 Å². The molecule has 1 amide bonds. The van der Waals surface area contributed by atoms with Crippen LogP contribution in [0.5, 0.6) is 0 Å². The Morgan fingerprint density at radius 2 is 2.36 bits per heavy atom. The van der Waals surface area contributed by atoms with Crippen LogP contribution in [0, 0.1) is 0 Å². The van der Waals surface area contributed by atoms with E-state index in [-0.39, 0.29) is 12.5 Å². The average molecular weight is 198 g/mol. The summed E-state index contributed by atoms with van der Waals surface area (Å²) in [6.07, 6.45) is 0.907. The fourth-order valence-electron chi connectivity index (χ4n) is 0.862. The van der Waals surface area contributed by atoms with E-state index in [1.165, 1.54) is 9.58 Å².